The molecule has 0 aliphatic rings. The van der Waals surface area contributed by atoms with Gasteiger partial charge in [0.15, 0.2) is 14.6 Å². The third-order valence-electron chi connectivity index (χ3n) is 4.64. The summed E-state index contributed by atoms with van der Waals surface area (Å²) in [4.78, 5) is 17.0. The molecule has 2 aromatic carbocycles. The molecule has 0 bridgehead atoms. The van der Waals surface area contributed by atoms with E-state index in [4.69, 9.17) is 15.9 Å². The molecule has 0 aliphatic heterocycles. The number of terminal acetylenes is 1. The zero-order valence-electron chi connectivity index (χ0n) is 17.5. The summed E-state index contributed by atoms with van der Waals surface area (Å²) >= 11 is 1.23. The van der Waals surface area contributed by atoms with Crippen molar-refractivity contribution in [3.8, 4) is 23.8 Å². The fourth-order valence-corrected chi connectivity index (χ4v) is 5.58. The first-order valence-electron chi connectivity index (χ1n) is 9.54. The van der Waals surface area contributed by atoms with E-state index in [1.807, 2.05) is 0 Å². The molecule has 32 heavy (non-hydrogen) atoms. The van der Waals surface area contributed by atoms with Crippen molar-refractivity contribution in [3.05, 3.63) is 47.0 Å². The minimum atomic E-state index is -3.62. The summed E-state index contributed by atoms with van der Waals surface area (Å²) in [5.74, 6) is 2.45. The van der Waals surface area contributed by atoms with Crippen LogP contribution in [-0.2, 0) is 21.2 Å². The minimum absolute atomic E-state index is 0.0128. The maximum absolute atomic E-state index is 13.0. The number of aromatic nitrogens is 1. The topological polar surface area (TPSA) is 87.0 Å². The molecule has 3 rings (SSSR count). The lowest BCUT2D eigenvalue weighted by atomic mass is 10.3. The molecule has 168 valence electrons. The molecule has 0 radical (unpaired) electrons. The van der Waals surface area contributed by atoms with Gasteiger partial charge in [-0.15, -0.1) is 6.42 Å². The second-order valence-electron chi connectivity index (χ2n) is 6.70. The van der Waals surface area contributed by atoms with Crippen LogP contribution in [0.25, 0.3) is 10.2 Å². The van der Waals surface area contributed by atoms with E-state index in [9.17, 15) is 17.6 Å². The highest BCUT2D eigenvalue weighted by Crippen LogP contribution is 2.35. The molecule has 3 aromatic rings. The van der Waals surface area contributed by atoms with Crippen LogP contribution >= 0.6 is 11.3 Å². The SMILES string of the molecule is C#CCn1c(=NC(=O)CCCS(=O)(=O)c2ccc(F)cc2)sc2c(OC)ccc(OC)c21. The number of benzene rings is 2. The number of fused-ring (bicyclic) bond motifs is 1. The molecule has 1 heterocycles. The normalized spacial score (nSPS) is 12.0. The Morgan fingerprint density at radius 1 is 1.16 bits per heavy atom. The van der Waals surface area contributed by atoms with Crippen molar-refractivity contribution in [1.29, 1.82) is 0 Å². The summed E-state index contributed by atoms with van der Waals surface area (Å²) in [5, 5.41) is 0. The van der Waals surface area contributed by atoms with Crippen molar-refractivity contribution in [1.82, 2.24) is 4.57 Å². The number of carbonyl (C=O) groups excluding carboxylic acids is 1. The van der Waals surface area contributed by atoms with Gasteiger partial charge in [-0.2, -0.15) is 4.99 Å². The number of nitrogens with zero attached hydrogens (tertiary/aromatic N) is 2. The number of halogens is 1. The van der Waals surface area contributed by atoms with E-state index >= 15 is 0 Å². The molecule has 0 N–H and O–H groups in total. The van der Waals surface area contributed by atoms with Crippen LogP contribution in [0.4, 0.5) is 4.39 Å². The van der Waals surface area contributed by atoms with Crippen LogP contribution < -0.4 is 14.3 Å². The van der Waals surface area contributed by atoms with E-state index in [1.165, 1.54) is 37.7 Å². The number of sulfone groups is 1. The maximum atomic E-state index is 13.0. The van der Waals surface area contributed by atoms with Gasteiger partial charge in [0, 0.05) is 6.42 Å². The quantitative estimate of drug-likeness (QED) is 0.368. The molecule has 1 aromatic heterocycles. The van der Waals surface area contributed by atoms with Gasteiger partial charge in [0.1, 0.15) is 27.5 Å². The van der Waals surface area contributed by atoms with Crippen LogP contribution in [0.2, 0.25) is 0 Å². The number of amides is 1. The Kier molecular flexibility index (Phi) is 7.33. The van der Waals surface area contributed by atoms with E-state index in [0.717, 1.165) is 16.8 Å². The zero-order chi connectivity index (χ0) is 23.3. The number of thiazole rings is 1. The smallest absolute Gasteiger partial charge is 0.248 e. The van der Waals surface area contributed by atoms with Gasteiger partial charge < -0.3 is 14.0 Å². The number of hydrogen-bond donors (Lipinski definition) is 0. The molecular formula is C22H21FN2O5S2. The third-order valence-corrected chi connectivity index (χ3v) is 7.55. The lowest BCUT2D eigenvalue weighted by Crippen LogP contribution is -2.17. The van der Waals surface area contributed by atoms with Crippen LogP contribution in [0, 0.1) is 18.2 Å². The fourth-order valence-electron chi connectivity index (χ4n) is 3.11. The van der Waals surface area contributed by atoms with Gasteiger partial charge in [-0.3, -0.25) is 4.79 Å². The molecule has 0 aliphatic carbocycles. The van der Waals surface area contributed by atoms with Gasteiger partial charge in [0.25, 0.3) is 0 Å². The first-order valence-corrected chi connectivity index (χ1v) is 12.0. The van der Waals surface area contributed by atoms with Gasteiger partial charge in [0.2, 0.25) is 5.91 Å². The molecule has 0 saturated carbocycles. The predicted molar refractivity (Wildman–Crippen MR) is 120 cm³/mol. The van der Waals surface area contributed by atoms with Gasteiger partial charge in [-0.1, -0.05) is 17.3 Å². The second-order valence-corrected chi connectivity index (χ2v) is 9.79. The van der Waals surface area contributed by atoms with Crippen molar-refractivity contribution in [2.75, 3.05) is 20.0 Å². The molecule has 7 nitrogen and oxygen atoms in total. The molecule has 0 unspecified atom stereocenters. The van der Waals surface area contributed by atoms with E-state index in [0.29, 0.717) is 21.8 Å². The summed E-state index contributed by atoms with van der Waals surface area (Å²) in [6.07, 6.45) is 5.52. The van der Waals surface area contributed by atoms with Crippen molar-refractivity contribution >= 4 is 37.3 Å². The average Bonchev–Trinajstić information content (AvgIpc) is 3.11. The summed E-state index contributed by atoms with van der Waals surface area (Å²) in [6, 6.07) is 8.08. The Morgan fingerprint density at radius 3 is 2.44 bits per heavy atom. The Bertz CT molecular complexity index is 1350. The van der Waals surface area contributed by atoms with Crippen molar-refractivity contribution in [2.45, 2.75) is 24.3 Å². The Morgan fingerprint density at radius 2 is 1.81 bits per heavy atom. The fraction of sp³-hybridized carbons (Fsp3) is 0.273. The average molecular weight is 477 g/mol. The molecular weight excluding hydrogens is 455 g/mol. The van der Waals surface area contributed by atoms with E-state index in [-0.39, 0.29) is 30.0 Å². The summed E-state index contributed by atoms with van der Waals surface area (Å²) < 4.78 is 51.0. The zero-order valence-corrected chi connectivity index (χ0v) is 19.1. The van der Waals surface area contributed by atoms with Crippen LogP contribution in [0.3, 0.4) is 0 Å². The number of rotatable bonds is 8. The molecule has 0 fully saturated rings. The monoisotopic (exact) mass is 476 g/mol. The summed E-state index contributed by atoms with van der Waals surface area (Å²) in [6.45, 7) is 0.161. The highest BCUT2D eigenvalue weighted by molar-refractivity contribution is 7.91. The third kappa shape index (κ3) is 5.00. The summed E-state index contributed by atoms with van der Waals surface area (Å²) in [5.41, 5.74) is 0.667. The highest BCUT2D eigenvalue weighted by atomic mass is 32.2. The first kappa shape index (κ1) is 23.5. The number of ether oxygens (including phenoxy) is 2. The van der Waals surface area contributed by atoms with Gasteiger partial charge in [-0.25, -0.2) is 12.8 Å². The highest BCUT2D eigenvalue weighted by Gasteiger charge is 2.17. The van der Waals surface area contributed by atoms with Gasteiger partial charge >= 0.3 is 0 Å². The Labute approximate surface area is 189 Å². The number of methoxy groups -OCH3 is 2. The van der Waals surface area contributed by atoms with E-state index < -0.39 is 21.6 Å². The maximum Gasteiger partial charge on any atom is 0.248 e. The predicted octanol–water partition coefficient (Wildman–Crippen LogP) is 3.17. The minimum Gasteiger partial charge on any atom is -0.495 e. The molecule has 0 saturated heterocycles. The Hall–Kier alpha value is -3.16. The van der Waals surface area contributed by atoms with Crippen molar-refractivity contribution < 1.29 is 27.1 Å². The van der Waals surface area contributed by atoms with Crippen LogP contribution in [0.15, 0.2) is 46.3 Å². The van der Waals surface area contributed by atoms with Crippen LogP contribution in [0.1, 0.15) is 12.8 Å². The standard InChI is InChI=1S/C22H21FN2O5S2/c1-4-13-25-20-17(29-2)11-12-18(30-3)21(20)31-22(25)24-19(26)6-5-14-32(27,28)16-9-7-15(23)8-10-16/h1,7-12H,5-6,13-14H2,2-3H3. The van der Waals surface area contributed by atoms with Crippen LogP contribution in [0.5, 0.6) is 11.5 Å². The number of carbonyl (C=O) groups is 1. The molecule has 1 amide bonds. The molecule has 0 spiro atoms. The lowest BCUT2D eigenvalue weighted by molar-refractivity contribution is -0.118. The molecule has 0 atom stereocenters. The lowest BCUT2D eigenvalue weighted by Gasteiger charge is -2.08. The Balaban J connectivity index is 1.85. The molecule has 10 heteroatoms. The largest absolute Gasteiger partial charge is 0.495 e. The second kappa shape index (κ2) is 9.97. The first-order chi connectivity index (χ1) is 15.3. The number of hydrogen-bond acceptors (Lipinski definition) is 6. The summed E-state index contributed by atoms with van der Waals surface area (Å²) in [7, 11) is -0.555. The van der Waals surface area contributed by atoms with E-state index in [1.54, 1.807) is 16.7 Å². The van der Waals surface area contributed by atoms with E-state index in [2.05, 4.69) is 10.9 Å². The van der Waals surface area contributed by atoms with Crippen LogP contribution in [-0.4, -0.2) is 38.9 Å². The van der Waals surface area contributed by atoms with Gasteiger partial charge in [0.05, 0.1) is 31.4 Å². The van der Waals surface area contributed by atoms with Crippen molar-refractivity contribution in [3.63, 3.8) is 0 Å². The van der Waals surface area contributed by atoms with Crippen molar-refractivity contribution in [2.24, 2.45) is 4.99 Å². The van der Waals surface area contributed by atoms with Gasteiger partial charge in [-0.05, 0) is 42.8 Å².